The molecule has 2 aromatic rings. The van der Waals surface area contributed by atoms with Crippen molar-refractivity contribution in [3.63, 3.8) is 0 Å². The van der Waals surface area contributed by atoms with Gasteiger partial charge in [-0.05, 0) is 31.0 Å². The summed E-state index contributed by atoms with van der Waals surface area (Å²) in [5.74, 6) is 0.446. The Morgan fingerprint density at radius 3 is 2.78 bits per heavy atom. The molecule has 1 saturated heterocycles. The number of likely N-dealkylation sites (tertiary alicyclic amines) is 1. The molecule has 1 aromatic carbocycles. The van der Waals surface area contributed by atoms with Gasteiger partial charge < -0.3 is 19.1 Å². The van der Waals surface area contributed by atoms with Gasteiger partial charge >= 0.3 is 5.97 Å². The van der Waals surface area contributed by atoms with E-state index >= 15 is 0 Å². The Kier molecular flexibility index (Phi) is 5.85. The second-order valence-corrected chi connectivity index (χ2v) is 6.02. The number of benzene rings is 1. The van der Waals surface area contributed by atoms with Crippen molar-refractivity contribution in [2.45, 2.75) is 18.9 Å². The van der Waals surface area contributed by atoms with Gasteiger partial charge in [-0.1, -0.05) is 0 Å². The van der Waals surface area contributed by atoms with E-state index < -0.39 is 5.97 Å². The highest BCUT2D eigenvalue weighted by atomic mass is 16.5. The lowest BCUT2D eigenvalue weighted by molar-refractivity contribution is -0.135. The van der Waals surface area contributed by atoms with E-state index in [9.17, 15) is 9.59 Å². The number of esters is 1. The molecule has 8 nitrogen and oxygen atoms in total. The number of carbonyl (C=O) groups excluding carboxylic acids is 2. The van der Waals surface area contributed by atoms with Crippen LogP contribution in [0, 0.1) is 0 Å². The van der Waals surface area contributed by atoms with Crippen LogP contribution in [0.1, 0.15) is 34.9 Å². The van der Waals surface area contributed by atoms with E-state index in [4.69, 9.17) is 14.2 Å². The summed E-state index contributed by atoms with van der Waals surface area (Å²) < 4.78 is 15.8. The van der Waals surface area contributed by atoms with Crippen LogP contribution in [-0.4, -0.2) is 54.1 Å². The second-order valence-electron chi connectivity index (χ2n) is 6.02. The fourth-order valence-corrected chi connectivity index (χ4v) is 3.18. The summed E-state index contributed by atoms with van der Waals surface area (Å²) in [6, 6.07) is 5.36. The molecule has 0 bridgehead atoms. The van der Waals surface area contributed by atoms with Crippen LogP contribution in [0.3, 0.4) is 0 Å². The number of nitrogens with zero attached hydrogens (tertiary/aromatic N) is 3. The number of hydrogen-bond acceptors (Lipinski definition) is 7. The zero-order valence-electron chi connectivity index (χ0n) is 15.3. The molecule has 0 unspecified atom stereocenters. The molecule has 1 aliphatic rings. The largest absolute Gasteiger partial charge is 0.497 e. The van der Waals surface area contributed by atoms with Crippen LogP contribution >= 0.6 is 0 Å². The first-order valence-electron chi connectivity index (χ1n) is 8.58. The van der Waals surface area contributed by atoms with Crippen LogP contribution in [0.4, 0.5) is 0 Å². The standard InChI is InChI=1S/C19H21N3O5/c1-25-13-5-6-17(26-2)14(10-13)16-4-3-9-22(16)18(23)12-27-19(24)15-11-20-7-8-21-15/h5-8,10-11,16H,3-4,9,12H2,1-2H3/t16-/m0/s1. The Hall–Kier alpha value is -3.16. The third-order valence-corrected chi connectivity index (χ3v) is 4.47. The van der Waals surface area contributed by atoms with E-state index in [1.807, 2.05) is 18.2 Å². The maximum Gasteiger partial charge on any atom is 0.359 e. The maximum absolute atomic E-state index is 12.7. The predicted molar refractivity (Wildman–Crippen MR) is 95.5 cm³/mol. The molecule has 1 atom stereocenters. The predicted octanol–water partition coefficient (Wildman–Crippen LogP) is 2.01. The van der Waals surface area contributed by atoms with E-state index in [1.165, 1.54) is 18.6 Å². The normalized spacial score (nSPS) is 16.1. The molecule has 2 heterocycles. The minimum Gasteiger partial charge on any atom is -0.497 e. The van der Waals surface area contributed by atoms with Crippen LogP contribution < -0.4 is 9.47 Å². The Labute approximate surface area is 157 Å². The number of ether oxygens (including phenoxy) is 3. The Morgan fingerprint density at radius 2 is 2.07 bits per heavy atom. The first kappa shape index (κ1) is 18.6. The Morgan fingerprint density at radius 1 is 1.22 bits per heavy atom. The molecule has 0 aliphatic carbocycles. The molecular weight excluding hydrogens is 350 g/mol. The van der Waals surface area contributed by atoms with Gasteiger partial charge in [-0.25, -0.2) is 9.78 Å². The highest BCUT2D eigenvalue weighted by Gasteiger charge is 2.32. The van der Waals surface area contributed by atoms with E-state index in [0.29, 0.717) is 18.0 Å². The van der Waals surface area contributed by atoms with Gasteiger partial charge in [-0.3, -0.25) is 9.78 Å². The lowest BCUT2D eigenvalue weighted by Gasteiger charge is -2.26. The van der Waals surface area contributed by atoms with Crippen molar-refractivity contribution >= 4 is 11.9 Å². The number of carbonyl (C=O) groups is 2. The molecule has 142 valence electrons. The first-order valence-corrected chi connectivity index (χ1v) is 8.58. The van der Waals surface area contributed by atoms with Crippen molar-refractivity contribution in [3.8, 4) is 11.5 Å². The third-order valence-electron chi connectivity index (χ3n) is 4.47. The minimum absolute atomic E-state index is 0.0673. The average Bonchev–Trinajstić information content (AvgIpc) is 3.21. The van der Waals surface area contributed by atoms with Gasteiger partial charge in [0.25, 0.3) is 5.91 Å². The number of aromatic nitrogens is 2. The summed E-state index contributed by atoms with van der Waals surface area (Å²) in [5, 5.41) is 0. The van der Waals surface area contributed by atoms with Gasteiger partial charge in [0.15, 0.2) is 12.3 Å². The number of methoxy groups -OCH3 is 2. The van der Waals surface area contributed by atoms with Crippen molar-refractivity contribution in [1.82, 2.24) is 14.9 Å². The highest BCUT2D eigenvalue weighted by Crippen LogP contribution is 2.38. The highest BCUT2D eigenvalue weighted by molar-refractivity contribution is 5.89. The third kappa shape index (κ3) is 4.16. The van der Waals surface area contributed by atoms with Crippen LogP contribution in [0.2, 0.25) is 0 Å². The summed E-state index contributed by atoms with van der Waals surface area (Å²) in [4.78, 5) is 34.0. The van der Waals surface area contributed by atoms with Crippen LogP contribution in [0.25, 0.3) is 0 Å². The zero-order valence-corrected chi connectivity index (χ0v) is 15.3. The van der Waals surface area contributed by atoms with Crippen LogP contribution in [-0.2, 0) is 9.53 Å². The molecule has 1 aromatic heterocycles. The zero-order chi connectivity index (χ0) is 19.2. The van der Waals surface area contributed by atoms with Crippen LogP contribution in [0.15, 0.2) is 36.8 Å². The van der Waals surface area contributed by atoms with Gasteiger partial charge in [0.1, 0.15) is 11.5 Å². The Bertz CT molecular complexity index is 812. The molecular formula is C19H21N3O5. The summed E-state index contributed by atoms with van der Waals surface area (Å²) in [5.41, 5.74) is 0.945. The molecule has 1 amide bonds. The Balaban J connectivity index is 1.71. The van der Waals surface area contributed by atoms with Gasteiger partial charge in [0.2, 0.25) is 0 Å². The van der Waals surface area contributed by atoms with E-state index in [-0.39, 0.29) is 24.2 Å². The quantitative estimate of drug-likeness (QED) is 0.718. The molecule has 0 radical (unpaired) electrons. The van der Waals surface area contributed by atoms with E-state index in [1.54, 1.807) is 19.1 Å². The van der Waals surface area contributed by atoms with Gasteiger partial charge in [-0.15, -0.1) is 0 Å². The maximum atomic E-state index is 12.7. The topological polar surface area (TPSA) is 90.8 Å². The van der Waals surface area contributed by atoms with Crippen LogP contribution in [0.5, 0.6) is 11.5 Å². The summed E-state index contributed by atoms with van der Waals surface area (Å²) in [7, 11) is 3.18. The van der Waals surface area contributed by atoms with Crippen molar-refractivity contribution in [1.29, 1.82) is 0 Å². The summed E-state index contributed by atoms with van der Waals surface area (Å²) in [6.45, 7) is 0.241. The molecule has 1 fully saturated rings. The fraction of sp³-hybridized carbons (Fsp3) is 0.368. The van der Waals surface area contributed by atoms with E-state index in [0.717, 1.165) is 18.4 Å². The summed E-state index contributed by atoms with van der Waals surface area (Å²) >= 11 is 0. The van der Waals surface area contributed by atoms with Gasteiger partial charge in [-0.2, -0.15) is 0 Å². The van der Waals surface area contributed by atoms with Crippen molar-refractivity contribution in [3.05, 3.63) is 48.0 Å². The first-order chi connectivity index (χ1) is 13.1. The summed E-state index contributed by atoms with van der Waals surface area (Å²) in [6.07, 6.45) is 5.80. The van der Waals surface area contributed by atoms with Gasteiger partial charge in [0, 0.05) is 24.5 Å². The van der Waals surface area contributed by atoms with Crippen molar-refractivity contribution in [2.75, 3.05) is 27.4 Å². The smallest absolute Gasteiger partial charge is 0.359 e. The molecule has 3 rings (SSSR count). The number of hydrogen-bond donors (Lipinski definition) is 0. The minimum atomic E-state index is -0.675. The lowest BCUT2D eigenvalue weighted by Crippen LogP contribution is -2.34. The molecule has 8 heteroatoms. The average molecular weight is 371 g/mol. The molecule has 0 N–H and O–H groups in total. The fourth-order valence-electron chi connectivity index (χ4n) is 3.18. The van der Waals surface area contributed by atoms with E-state index in [2.05, 4.69) is 9.97 Å². The SMILES string of the molecule is COc1ccc(OC)c([C@@H]2CCCN2C(=O)COC(=O)c2cnccn2)c1. The van der Waals surface area contributed by atoms with Crippen molar-refractivity contribution < 1.29 is 23.8 Å². The molecule has 27 heavy (non-hydrogen) atoms. The molecule has 0 saturated carbocycles. The second kappa shape index (κ2) is 8.48. The number of rotatable bonds is 6. The molecule has 0 spiro atoms. The van der Waals surface area contributed by atoms with Crippen molar-refractivity contribution in [2.24, 2.45) is 0 Å². The lowest BCUT2D eigenvalue weighted by atomic mass is 10.0. The monoisotopic (exact) mass is 371 g/mol. The molecule has 1 aliphatic heterocycles. The van der Waals surface area contributed by atoms with Gasteiger partial charge in [0.05, 0.1) is 26.5 Å². The number of amides is 1.